The molecule has 9 heteroatoms. The number of benzene rings is 1. The zero-order valence-electron chi connectivity index (χ0n) is 16.3. The molecule has 0 bridgehead atoms. The molecule has 1 aliphatic carbocycles. The molecule has 0 atom stereocenters. The minimum atomic E-state index is -0.0540. The summed E-state index contributed by atoms with van der Waals surface area (Å²) in [5.41, 5.74) is 2.64. The van der Waals surface area contributed by atoms with Gasteiger partial charge in [0.05, 0.1) is 11.9 Å². The Hall–Kier alpha value is -2.81. The maximum atomic E-state index is 12.6. The monoisotopic (exact) mass is 409 g/mol. The summed E-state index contributed by atoms with van der Waals surface area (Å²) in [5.74, 6) is 1.49. The topological polar surface area (TPSA) is 78.7 Å². The number of hydrogen-bond donors (Lipinski definition) is 1. The average molecular weight is 410 g/mol. The van der Waals surface area contributed by atoms with Crippen LogP contribution in [0.5, 0.6) is 0 Å². The van der Waals surface area contributed by atoms with Crippen molar-refractivity contribution in [1.29, 1.82) is 0 Å². The fourth-order valence-corrected chi connectivity index (χ4v) is 4.02. The molecule has 2 amide bonds. The van der Waals surface area contributed by atoms with Crippen LogP contribution in [0.15, 0.2) is 41.4 Å². The third kappa shape index (κ3) is 3.74. The van der Waals surface area contributed by atoms with Gasteiger partial charge in [0.15, 0.2) is 11.5 Å². The molecule has 1 saturated heterocycles. The SMILES string of the molecule is CSc1ccc(NC(=O)N2CCN(c3cnn4c(C5CC5)nnc4c3)CC2)cc1. The number of aromatic nitrogens is 4. The van der Waals surface area contributed by atoms with Gasteiger partial charge in [0.1, 0.15) is 0 Å². The van der Waals surface area contributed by atoms with Crippen LogP contribution in [0.25, 0.3) is 5.65 Å². The van der Waals surface area contributed by atoms with E-state index in [1.54, 1.807) is 11.8 Å². The predicted octanol–water partition coefficient (Wildman–Crippen LogP) is 3.08. The summed E-state index contributed by atoms with van der Waals surface area (Å²) >= 11 is 1.69. The molecule has 0 radical (unpaired) electrons. The van der Waals surface area contributed by atoms with Crippen molar-refractivity contribution < 1.29 is 4.79 Å². The summed E-state index contributed by atoms with van der Waals surface area (Å²) in [6, 6.07) is 9.89. The molecule has 29 heavy (non-hydrogen) atoms. The summed E-state index contributed by atoms with van der Waals surface area (Å²) in [5, 5.41) is 16.1. The number of anilines is 2. The van der Waals surface area contributed by atoms with Crippen LogP contribution in [0.3, 0.4) is 0 Å². The third-order valence-electron chi connectivity index (χ3n) is 5.49. The standard InChI is InChI=1S/C20H23N7OS/c1-29-17-6-4-15(5-7-17)22-20(28)26-10-8-25(9-11-26)16-12-18-23-24-19(14-2-3-14)27(18)21-13-16/h4-7,12-14H,2-3,8-11H2,1H3,(H,22,28). The second-order valence-electron chi connectivity index (χ2n) is 7.45. The van der Waals surface area contributed by atoms with Gasteiger partial charge in [-0.2, -0.15) is 9.61 Å². The lowest BCUT2D eigenvalue weighted by atomic mass is 10.3. The van der Waals surface area contributed by atoms with E-state index in [-0.39, 0.29) is 6.03 Å². The summed E-state index contributed by atoms with van der Waals surface area (Å²) in [7, 11) is 0. The molecule has 1 aromatic carbocycles. The first-order valence-corrected chi connectivity index (χ1v) is 11.1. The fraction of sp³-hybridized carbons (Fsp3) is 0.400. The van der Waals surface area contributed by atoms with E-state index in [0.29, 0.717) is 19.0 Å². The largest absolute Gasteiger partial charge is 0.367 e. The Bertz CT molecular complexity index is 1020. The van der Waals surface area contributed by atoms with Crippen LogP contribution in [-0.2, 0) is 0 Å². The predicted molar refractivity (Wildman–Crippen MR) is 114 cm³/mol. The van der Waals surface area contributed by atoms with Crippen molar-refractivity contribution in [3.8, 4) is 0 Å². The van der Waals surface area contributed by atoms with E-state index in [9.17, 15) is 4.79 Å². The number of fused-ring (bicyclic) bond motifs is 1. The highest BCUT2D eigenvalue weighted by atomic mass is 32.2. The van der Waals surface area contributed by atoms with Gasteiger partial charge in [-0.25, -0.2) is 4.79 Å². The van der Waals surface area contributed by atoms with Crippen molar-refractivity contribution in [2.75, 3.05) is 42.7 Å². The molecule has 1 saturated carbocycles. The van der Waals surface area contributed by atoms with Gasteiger partial charge in [-0.3, -0.25) is 0 Å². The van der Waals surface area contributed by atoms with Crippen molar-refractivity contribution in [2.45, 2.75) is 23.7 Å². The highest BCUT2D eigenvalue weighted by Gasteiger charge is 2.29. The number of nitrogens with one attached hydrogen (secondary N) is 1. The number of piperazine rings is 1. The fourth-order valence-electron chi connectivity index (χ4n) is 3.61. The van der Waals surface area contributed by atoms with Gasteiger partial charge in [0, 0.05) is 48.7 Å². The minimum Gasteiger partial charge on any atom is -0.367 e. The Morgan fingerprint density at radius 1 is 1.10 bits per heavy atom. The molecule has 2 aromatic heterocycles. The molecular weight excluding hydrogens is 386 g/mol. The van der Waals surface area contributed by atoms with Crippen LogP contribution in [0.4, 0.5) is 16.2 Å². The second kappa shape index (κ2) is 7.55. The number of urea groups is 1. The zero-order valence-corrected chi connectivity index (χ0v) is 17.1. The second-order valence-corrected chi connectivity index (χ2v) is 8.33. The summed E-state index contributed by atoms with van der Waals surface area (Å²) in [6.07, 6.45) is 6.27. The highest BCUT2D eigenvalue weighted by Crippen LogP contribution is 2.38. The summed E-state index contributed by atoms with van der Waals surface area (Å²) in [6.45, 7) is 2.86. The Kier molecular flexibility index (Phi) is 4.75. The molecule has 150 valence electrons. The van der Waals surface area contributed by atoms with E-state index in [0.717, 1.165) is 35.9 Å². The number of nitrogens with zero attached hydrogens (tertiary/aromatic N) is 6. The van der Waals surface area contributed by atoms with Crippen LogP contribution in [0.2, 0.25) is 0 Å². The van der Waals surface area contributed by atoms with E-state index in [1.165, 1.54) is 17.7 Å². The average Bonchev–Trinajstić information content (AvgIpc) is 3.53. The van der Waals surface area contributed by atoms with Gasteiger partial charge in [0.25, 0.3) is 0 Å². The van der Waals surface area contributed by atoms with Crippen molar-refractivity contribution in [1.82, 2.24) is 24.7 Å². The first-order valence-electron chi connectivity index (χ1n) is 9.87. The maximum Gasteiger partial charge on any atom is 0.321 e. The van der Waals surface area contributed by atoms with Crippen LogP contribution >= 0.6 is 11.8 Å². The molecule has 0 unspecified atom stereocenters. The molecule has 2 fully saturated rings. The number of hydrogen-bond acceptors (Lipinski definition) is 6. The number of rotatable bonds is 4. The maximum absolute atomic E-state index is 12.6. The Morgan fingerprint density at radius 3 is 2.55 bits per heavy atom. The van der Waals surface area contributed by atoms with E-state index in [1.807, 2.05) is 52.2 Å². The molecule has 5 rings (SSSR count). The van der Waals surface area contributed by atoms with Gasteiger partial charge >= 0.3 is 6.03 Å². The van der Waals surface area contributed by atoms with E-state index in [4.69, 9.17) is 0 Å². The van der Waals surface area contributed by atoms with Crippen LogP contribution in [-0.4, -0.2) is 63.2 Å². The Morgan fingerprint density at radius 2 is 1.86 bits per heavy atom. The lowest BCUT2D eigenvalue weighted by Crippen LogP contribution is -2.50. The van der Waals surface area contributed by atoms with E-state index < -0.39 is 0 Å². The molecule has 1 N–H and O–H groups in total. The molecule has 3 aromatic rings. The van der Waals surface area contributed by atoms with Crippen LogP contribution in [0.1, 0.15) is 24.6 Å². The Balaban J connectivity index is 1.20. The lowest BCUT2D eigenvalue weighted by Gasteiger charge is -2.35. The Labute approximate surface area is 173 Å². The van der Waals surface area contributed by atoms with Crippen LogP contribution < -0.4 is 10.2 Å². The van der Waals surface area contributed by atoms with Gasteiger partial charge in [-0.1, -0.05) is 0 Å². The van der Waals surface area contributed by atoms with Crippen molar-refractivity contribution in [2.24, 2.45) is 0 Å². The van der Waals surface area contributed by atoms with Gasteiger partial charge in [-0.15, -0.1) is 22.0 Å². The number of amides is 2. The number of carbonyl (C=O) groups excluding carboxylic acids is 1. The van der Waals surface area contributed by atoms with Gasteiger partial charge < -0.3 is 15.1 Å². The lowest BCUT2D eigenvalue weighted by molar-refractivity contribution is 0.208. The van der Waals surface area contributed by atoms with Crippen LogP contribution in [0, 0.1) is 0 Å². The smallest absolute Gasteiger partial charge is 0.321 e. The van der Waals surface area contributed by atoms with E-state index >= 15 is 0 Å². The van der Waals surface area contributed by atoms with E-state index in [2.05, 4.69) is 25.5 Å². The van der Waals surface area contributed by atoms with Crippen molar-refractivity contribution >= 4 is 34.8 Å². The van der Waals surface area contributed by atoms with Gasteiger partial charge in [0.2, 0.25) is 0 Å². The molecule has 0 spiro atoms. The number of thioether (sulfide) groups is 1. The summed E-state index contributed by atoms with van der Waals surface area (Å²) in [4.78, 5) is 17.8. The van der Waals surface area contributed by atoms with Gasteiger partial charge in [-0.05, 0) is 43.4 Å². The first-order chi connectivity index (χ1) is 14.2. The summed E-state index contributed by atoms with van der Waals surface area (Å²) < 4.78 is 1.85. The molecule has 3 heterocycles. The first kappa shape index (κ1) is 18.2. The highest BCUT2D eigenvalue weighted by molar-refractivity contribution is 7.98. The normalized spacial score (nSPS) is 17.0. The third-order valence-corrected chi connectivity index (χ3v) is 6.23. The van der Waals surface area contributed by atoms with Crippen molar-refractivity contribution in [3.05, 3.63) is 42.4 Å². The quantitative estimate of drug-likeness (QED) is 0.667. The minimum absolute atomic E-state index is 0.0540. The molecule has 2 aliphatic rings. The van der Waals surface area contributed by atoms with Crippen molar-refractivity contribution in [3.63, 3.8) is 0 Å². The molecular formula is C20H23N7OS. The number of carbonyl (C=O) groups is 1. The molecule has 1 aliphatic heterocycles. The zero-order chi connectivity index (χ0) is 19.8. The molecule has 8 nitrogen and oxygen atoms in total.